The van der Waals surface area contributed by atoms with Gasteiger partial charge in [-0.1, -0.05) is 0 Å². The van der Waals surface area contributed by atoms with Gasteiger partial charge in [-0.2, -0.15) is 0 Å². The molecular weight excluding hydrogens is 128 g/mol. The Kier molecular flexibility index (Phi) is 0.944. The fraction of sp³-hybridized carbons (Fsp3) is 0.750. The molecule has 1 heterocycles. The number of carbonyl (C=O) groups is 1. The molecule has 0 saturated carbocycles. The lowest BCUT2D eigenvalue weighted by Gasteiger charge is -2.19. The molecule has 0 aliphatic carbocycles. The van der Waals surface area contributed by atoms with Gasteiger partial charge in [-0.15, -0.1) is 0 Å². The third-order valence-corrected chi connectivity index (χ3v) is 3.36. The van der Waals surface area contributed by atoms with Gasteiger partial charge in [-0.05, 0) is 6.92 Å². The van der Waals surface area contributed by atoms with Gasteiger partial charge in [0.15, 0.2) is 15.6 Å². The minimum Gasteiger partial charge on any atom is -0.297 e. The molecule has 3 nitrogen and oxygen atoms in total. The topological polar surface area (TPSA) is 51.2 Å². The van der Waals surface area contributed by atoms with Crippen LogP contribution in [0.25, 0.3) is 0 Å². The van der Waals surface area contributed by atoms with Crippen LogP contribution < -0.4 is 0 Å². The molecule has 1 rings (SSSR count). The molecule has 46 valence electrons. The summed E-state index contributed by atoms with van der Waals surface area (Å²) < 4.78 is 20.8. The predicted octanol–water partition coefficient (Wildman–Crippen LogP) is -0.628. The molecule has 1 aliphatic rings. The first kappa shape index (κ1) is 5.75. The van der Waals surface area contributed by atoms with Crippen molar-refractivity contribution in [2.75, 3.05) is 5.75 Å². The largest absolute Gasteiger partial charge is 0.297 e. The lowest BCUT2D eigenvalue weighted by molar-refractivity contribution is -0.117. The molecular formula is C4H6O3S. The second kappa shape index (κ2) is 1.31. The number of rotatable bonds is 0. The van der Waals surface area contributed by atoms with E-state index in [9.17, 15) is 13.2 Å². The van der Waals surface area contributed by atoms with Gasteiger partial charge in [-0.25, -0.2) is 8.42 Å². The van der Waals surface area contributed by atoms with E-state index in [1.165, 1.54) is 6.92 Å². The third-order valence-electron chi connectivity index (χ3n) is 1.34. The summed E-state index contributed by atoms with van der Waals surface area (Å²) in [5, 5.41) is -0.720. The molecule has 0 aromatic carbocycles. The van der Waals surface area contributed by atoms with Crippen LogP contribution >= 0.6 is 0 Å². The zero-order valence-corrected chi connectivity index (χ0v) is 5.23. The normalized spacial score (nSPS) is 34.1. The van der Waals surface area contributed by atoms with Gasteiger partial charge in [-0.3, -0.25) is 4.79 Å². The van der Waals surface area contributed by atoms with Crippen LogP contribution in [0.3, 0.4) is 0 Å². The Morgan fingerprint density at radius 2 is 2.12 bits per heavy atom. The molecule has 0 spiro atoms. The molecule has 1 aliphatic heterocycles. The van der Waals surface area contributed by atoms with E-state index in [4.69, 9.17) is 0 Å². The average molecular weight is 134 g/mol. The third kappa shape index (κ3) is 0.561. The fourth-order valence-electron chi connectivity index (χ4n) is 0.542. The minimum absolute atomic E-state index is 0.162. The lowest BCUT2D eigenvalue weighted by atomic mass is 10.3. The summed E-state index contributed by atoms with van der Waals surface area (Å²) in [6, 6.07) is 0. The van der Waals surface area contributed by atoms with Crippen LogP contribution in [-0.2, 0) is 14.6 Å². The Hall–Kier alpha value is -0.380. The maximum absolute atomic E-state index is 10.4. The smallest absolute Gasteiger partial charge is 0.167 e. The second-order valence-corrected chi connectivity index (χ2v) is 4.24. The van der Waals surface area contributed by atoms with E-state index >= 15 is 0 Å². The van der Waals surface area contributed by atoms with Crippen molar-refractivity contribution in [3.05, 3.63) is 0 Å². The Balaban J connectivity index is 2.91. The highest BCUT2D eigenvalue weighted by molar-refractivity contribution is 7.96. The lowest BCUT2D eigenvalue weighted by Crippen LogP contribution is -2.45. The van der Waals surface area contributed by atoms with Crippen molar-refractivity contribution in [2.24, 2.45) is 0 Å². The molecule has 0 radical (unpaired) electrons. The molecule has 1 unspecified atom stereocenters. The first-order chi connectivity index (χ1) is 3.54. The van der Waals surface area contributed by atoms with Crippen molar-refractivity contribution in [2.45, 2.75) is 12.2 Å². The van der Waals surface area contributed by atoms with E-state index in [1.54, 1.807) is 0 Å². The molecule has 1 saturated heterocycles. The number of sulfone groups is 1. The molecule has 4 heteroatoms. The Bertz CT molecular complexity index is 213. The summed E-state index contributed by atoms with van der Waals surface area (Å²) in [4.78, 5) is 10.3. The van der Waals surface area contributed by atoms with Crippen LogP contribution in [0.5, 0.6) is 0 Å². The number of hydrogen-bond donors (Lipinski definition) is 0. The molecule has 0 N–H and O–H groups in total. The summed E-state index contributed by atoms with van der Waals surface area (Å²) in [6.45, 7) is 1.42. The van der Waals surface area contributed by atoms with E-state index in [0.29, 0.717) is 0 Å². The van der Waals surface area contributed by atoms with Crippen molar-refractivity contribution in [1.82, 2.24) is 0 Å². The van der Waals surface area contributed by atoms with Crippen LogP contribution in [-0.4, -0.2) is 25.2 Å². The van der Waals surface area contributed by atoms with Gasteiger partial charge in [0.05, 0.1) is 0 Å². The molecule has 0 aromatic rings. The van der Waals surface area contributed by atoms with Crippen LogP contribution in [0.4, 0.5) is 0 Å². The van der Waals surface area contributed by atoms with Gasteiger partial charge in [0, 0.05) is 0 Å². The molecule has 1 atom stereocenters. The van der Waals surface area contributed by atoms with Gasteiger partial charge in [0.2, 0.25) is 0 Å². The first-order valence-electron chi connectivity index (χ1n) is 2.28. The van der Waals surface area contributed by atoms with Crippen LogP contribution in [0, 0.1) is 0 Å². The number of hydrogen-bond acceptors (Lipinski definition) is 3. The van der Waals surface area contributed by atoms with Crippen molar-refractivity contribution in [1.29, 1.82) is 0 Å². The maximum Gasteiger partial charge on any atom is 0.167 e. The van der Waals surface area contributed by atoms with Crippen molar-refractivity contribution in [3.8, 4) is 0 Å². The van der Waals surface area contributed by atoms with Crippen molar-refractivity contribution in [3.63, 3.8) is 0 Å². The maximum atomic E-state index is 10.4. The zero-order chi connectivity index (χ0) is 6.36. The Labute approximate surface area is 47.6 Å². The van der Waals surface area contributed by atoms with Gasteiger partial charge in [0.25, 0.3) is 0 Å². The SMILES string of the molecule is CC1C(=O)CS1(=O)=O. The molecule has 0 aromatic heterocycles. The molecule has 8 heavy (non-hydrogen) atoms. The summed E-state index contributed by atoms with van der Waals surface area (Å²) in [5.74, 6) is -0.404. The van der Waals surface area contributed by atoms with Crippen LogP contribution in [0.2, 0.25) is 0 Å². The molecule has 0 amide bonds. The summed E-state index contributed by atoms with van der Waals surface area (Å²) in [7, 11) is -2.96. The van der Waals surface area contributed by atoms with E-state index < -0.39 is 15.1 Å². The molecule has 0 bridgehead atoms. The summed E-state index contributed by atoms with van der Waals surface area (Å²) in [5.41, 5.74) is 0. The van der Waals surface area contributed by atoms with Crippen LogP contribution in [0.15, 0.2) is 0 Å². The second-order valence-electron chi connectivity index (χ2n) is 1.92. The fourth-order valence-corrected chi connectivity index (χ4v) is 1.62. The van der Waals surface area contributed by atoms with Crippen molar-refractivity contribution < 1.29 is 13.2 Å². The highest BCUT2D eigenvalue weighted by atomic mass is 32.2. The minimum atomic E-state index is -2.96. The van der Waals surface area contributed by atoms with E-state index in [0.717, 1.165) is 0 Å². The first-order valence-corrected chi connectivity index (χ1v) is 4.00. The highest BCUT2D eigenvalue weighted by Crippen LogP contribution is 2.14. The van der Waals surface area contributed by atoms with E-state index in [1.807, 2.05) is 0 Å². The quantitative estimate of drug-likeness (QED) is 0.443. The zero-order valence-electron chi connectivity index (χ0n) is 4.42. The standard InChI is InChI=1S/C4H6O3S/c1-3-4(5)2-8(3,6)7/h3H,2H2,1H3. The van der Waals surface area contributed by atoms with Crippen molar-refractivity contribution >= 4 is 15.6 Å². The molecule has 1 fully saturated rings. The number of ketones is 1. The predicted molar refractivity (Wildman–Crippen MR) is 28.3 cm³/mol. The monoisotopic (exact) mass is 134 g/mol. The Morgan fingerprint density at radius 1 is 1.62 bits per heavy atom. The van der Waals surface area contributed by atoms with Gasteiger partial charge >= 0.3 is 0 Å². The van der Waals surface area contributed by atoms with Gasteiger partial charge in [0.1, 0.15) is 11.0 Å². The van der Waals surface area contributed by atoms with Crippen LogP contribution in [0.1, 0.15) is 6.92 Å². The number of Topliss-reactive ketones (excluding diaryl/α,β-unsaturated/α-hetero) is 1. The summed E-state index contributed by atoms with van der Waals surface area (Å²) in [6.07, 6.45) is 0. The van der Waals surface area contributed by atoms with E-state index in [2.05, 4.69) is 0 Å². The average Bonchev–Trinajstić information content (AvgIpc) is 1.65. The Morgan fingerprint density at radius 3 is 2.12 bits per heavy atom. The highest BCUT2D eigenvalue weighted by Gasteiger charge is 2.40. The van der Waals surface area contributed by atoms with E-state index in [-0.39, 0.29) is 11.5 Å². The summed E-state index contributed by atoms with van der Waals surface area (Å²) >= 11 is 0. The van der Waals surface area contributed by atoms with Gasteiger partial charge < -0.3 is 0 Å². The number of carbonyl (C=O) groups excluding carboxylic acids is 1.